The highest BCUT2D eigenvalue weighted by molar-refractivity contribution is 9.10. The lowest BCUT2D eigenvalue weighted by Crippen LogP contribution is -2.24. The number of benzene rings is 2. The molecule has 0 bridgehead atoms. The van der Waals surface area contributed by atoms with Crippen LogP contribution in [0.3, 0.4) is 0 Å². The highest BCUT2D eigenvalue weighted by atomic mass is 79.9. The molecule has 1 heterocycles. The van der Waals surface area contributed by atoms with Crippen molar-refractivity contribution in [3.05, 3.63) is 62.0 Å². The summed E-state index contributed by atoms with van der Waals surface area (Å²) in [7, 11) is 0. The van der Waals surface area contributed by atoms with Crippen molar-refractivity contribution in [2.75, 3.05) is 0 Å². The number of hydrogen-bond acceptors (Lipinski definition) is 2. The Labute approximate surface area is 136 Å². The minimum absolute atomic E-state index is 0.0769. The van der Waals surface area contributed by atoms with E-state index in [1.807, 2.05) is 24.3 Å². The van der Waals surface area contributed by atoms with Crippen LogP contribution in [0.5, 0.6) is 5.75 Å². The molecule has 104 valence electrons. The molecule has 2 nitrogen and oxygen atoms in total. The van der Waals surface area contributed by atoms with Crippen molar-refractivity contribution in [2.24, 2.45) is 5.73 Å². The standard InChI is InChI=1S/C15H12BrCl2NO/c16-8-1-3-10-13(19)7-15(20-14(10)5-8)11-6-9(17)2-4-12(11)18/h1-6,13,15H,7,19H2/t13-,15?/m1/s1. The summed E-state index contributed by atoms with van der Waals surface area (Å²) in [5.41, 5.74) is 8.13. The Bertz CT molecular complexity index is 662. The van der Waals surface area contributed by atoms with Gasteiger partial charge in [0.15, 0.2) is 0 Å². The van der Waals surface area contributed by atoms with E-state index in [9.17, 15) is 0 Å². The van der Waals surface area contributed by atoms with Crippen LogP contribution >= 0.6 is 39.1 Å². The number of hydrogen-bond donors (Lipinski definition) is 1. The van der Waals surface area contributed by atoms with Crippen molar-refractivity contribution in [1.29, 1.82) is 0 Å². The van der Waals surface area contributed by atoms with Crippen LogP contribution in [0.25, 0.3) is 0 Å². The molecule has 0 radical (unpaired) electrons. The van der Waals surface area contributed by atoms with Gasteiger partial charge >= 0.3 is 0 Å². The van der Waals surface area contributed by atoms with E-state index in [1.165, 1.54) is 0 Å². The van der Waals surface area contributed by atoms with Gasteiger partial charge in [-0.25, -0.2) is 0 Å². The zero-order valence-electron chi connectivity index (χ0n) is 10.4. The summed E-state index contributed by atoms with van der Waals surface area (Å²) in [5, 5.41) is 1.28. The first-order chi connectivity index (χ1) is 9.54. The Morgan fingerprint density at radius 1 is 1.10 bits per heavy atom. The monoisotopic (exact) mass is 371 g/mol. The number of halogens is 3. The summed E-state index contributed by atoms with van der Waals surface area (Å²) in [5.74, 6) is 0.791. The Morgan fingerprint density at radius 3 is 2.70 bits per heavy atom. The molecule has 3 rings (SSSR count). The van der Waals surface area contributed by atoms with Crippen LogP contribution in [0, 0.1) is 0 Å². The van der Waals surface area contributed by atoms with Gasteiger partial charge in [0, 0.05) is 38.1 Å². The fourth-order valence-corrected chi connectivity index (χ4v) is 3.19. The minimum atomic E-state index is -0.182. The molecule has 0 spiro atoms. The lowest BCUT2D eigenvalue weighted by molar-refractivity contribution is 0.161. The maximum absolute atomic E-state index is 6.25. The maximum atomic E-state index is 6.25. The summed E-state index contributed by atoms with van der Waals surface area (Å²) in [4.78, 5) is 0. The van der Waals surface area contributed by atoms with Gasteiger partial charge in [-0.05, 0) is 30.3 Å². The van der Waals surface area contributed by atoms with Gasteiger partial charge < -0.3 is 10.5 Å². The van der Waals surface area contributed by atoms with E-state index in [1.54, 1.807) is 12.1 Å². The zero-order valence-corrected chi connectivity index (χ0v) is 13.5. The highest BCUT2D eigenvalue weighted by Gasteiger charge is 2.28. The van der Waals surface area contributed by atoms with Crippen molar-refractivity contribution >= 4 is 39.1 Å². The molecule has 0 fully saturated rings. The van der Waals surface area contributed by atoms with E-state index in [2.05, 4.69) is 15.9 Å². The number of ether oxygens (including phenoxy) is 1. The Balaban J connectivity index is 2.00. The molecule has 20 heavy (non-hydrogen) atoms. The van der Waals surface area contributed by atoms with Gasteiger partial charge in [-0.3, -0.25) is 0 Å². The quantitative estimate of drug-likeness (QED) is 0.738. The fourth-order valence-electron chi connectivity index (χ4n) is 2.43. The topological polar surface area (TPSA) is 35.2 Å². The van der Waals surface area contributed by atoms with Crippen LogP contribution in [-0.2, 0) is 0 Å². The van der Waals surface area contributed by atoms with E-state index in [-0.39, 0.29) is 12.1 Å². The molecule has 2 atom stereocenters. The second kappa shape index (κ2) is 5.57. The highest BCUT2D eigenvalue weighted by Crippen LogP contribution is 2.42. The van der Waals surface area contributed by atoms with Crippen molar-refractivity contribution < 1.29 is 4.74 Å². The molecule has 2 aromatic carbocycles. The van der Waals surface area contributed by atoms with Gasteiger partial charge in [-0.15, -0.1) is 0 Å². The third-order valence-corrected chi connectivity index (χ3v) is 4.49. The van der Waals surface area contributed by atoms with E-state index >= 15 is 0 Å². The van der Waals surface area contributed by atoms with Crippen LogP contribution in [0.1, 0.15) is 29.7 Å². The molecule has 2 N–H and O–H groups in total. The first kappa shape index (κ1) is 14.2. The summed E-state index contributed by atoms with van der Waals surface area (Å²) < 4.78 is 7.01. The predicted molar refractivity (Wildman–Crippen MR) is 85.5 cm³/mol. The third-order valence-electron chi connectivity index (χ3n) is 3.42. The second-order valence-corrected chi connectivity index (χ2v) is 6.56. The minimum Gasteiger partial charge on any atom is -0.485 e. The molecule has 0 amide bonds. The van der Waals surface area contributed by atoms with Gasteiger partial charge in [0.25, 0.3) is 0 Å². The van der Waals surface area contributed by atoms with Crippen LogP contribution in [0.2, 0.25) is 10.0 Å². The van der Waals surface area contributed by atoms with Gasteiger partial charge in [-0.2, -0.15) is 0 Å². The van der Waals surface area contributed by atoms with Crippen LogP contribution < -0.4 is 10.5 Å². The van der Waals surface area contributed by atoms with E-state index < -0.39 is 0 Å². The number of rotatable bonds is 1. The van der Waals surface area contributed by atoms with Crippen molar-refractivity contribution in [1.82, 2.24) is 0 Å². The van der Waals surface area contributed by atoms with Crippen LogP contribution in [0.15, 0.2) is 40.9 Å². The summed E-state index contributed by atoms with van der Waals surface area (Å²) >= 11 is 15.7. The van der Waals surface area contributed by atoms with Crippen LogP contribution in [-0.4, -0.2) is 0 Å². The number of fused-ring (bicyclic) bond motifs is 1. The summed E-state index contributed by atoms with van der Waals surface area (Å²) in [6, 6.07) is 11.2. The Kier molecular flexibility index (Phi) is 3.95. The SMILES string of the molecule is N[C@@H]1CC(c2cc(Cl)ccc2Cl)Oc2cc(Br)ccc21. The average Bonchev–Trinajstić information content (AvgIpc) is 2.41. The molecule has 1 aliphatic rings. The van der Waals surface area contributed by atoms with Crippen molar-refractivity contribution in [2.45, 2.75) is 18.6 Å². The Morgan fingerprint density at radius 2 is 1.90 bits per heavy atom. The molecule has 0 saturated carbocycles. The van der Waals surface area contributed by atoms with Crippen LogP contribution in [0.4, 0.5) is 0 Å². The first-order valence-corrected chi connectivity index (χ1v) is 7.76. The number of nitrogens with two attached hydrogens (primary N) is 1. The molecule has 0 aromatic heterocycles. The molecular weight excluding hydrogens is 361 g/mol. The average molecular weight is 373 g/mol. The van der Waals surface area contributed by atoms with Gasteiger partial charge in [-0.1, -0.05) is 45.2 Å². The molecule has 5 heteroatoms. The van der Waals surface area contributed by atoms with Gasteiger partial charge in [0.1, 0.15) is 11.9 Å². The van der Waals surface area contributed by atoms with E-state index in [0.29, 0.717) is 16.5 Å². The maximum Gasteiger partial charge on any atom is 0.127 e. The van der Waals surface area contributed by atoms with Gasteiger partial charge in [0.2, 0.25) is 0 Å². The van der Waals surface area contributed by atoms with E-state index in [4.69, 9.17) is 33.7 Å². The smallest absolute Gasteiger partial charge is 0.127 e. The molecule has 0 aliphatic carbocycles. The molecule has 1 unspecified atom stereocenters. The fraction of sp³-hybridized carbons (Fsp3) is 0.200. The molecule has 1 aliphatic heterocycles. The molecule has 2 aromatic rings. The van der Waals surface area contributed by atoms with Crippen molar-refractivity contribution in [3.63, 3.8) is 0 Å². The zero-order chi connectivity index (χ0) is 14.3. The van der Waals surface area contributed by atoms with E-state index in [0.717, 1.165) is 21.3 Å². The summed E-state index contributed by atoms with van der Waals surface area (Å²) in [6.45, 7) is 0. The lowest BCUT2D eigenvalue weighted by atomic mass is 9.93. The summed E-state index contributed by atoms with van der Waals surface area (Å²) in [6.07, 6.45) is 0.493. The second-order valence-electron chi connectivity index (χ2n) is 4.80. The predicted octanol–water partition coefficient (Wildman–Crippen LogP) is 5.28. The third kappa shape index (κ3) is 2.68. The lowest BCUT2D eigenvalue weighted by Gasteiger charge is -2.31. The normalized spacial score (nSPS) is 21.2. The molecular formula is C15H12BrCl2NO. The largest absolute Gasteiger partial charge is 0.485 e. The Hall–Kier alpha value is -0.740. The van der Waals surface area contributed by atoms with Gasteiger partial charge in [0.05, 0.1) is 0 Å². The molecule has 0 saturated heterocycles. The van der Waals surface area contributed by atoms with Crippen molar-refractivity contribution in [3.8, 4) is 5.75 Å². The first-order valence-electron chi connectivity index (χ1n) is 6.21.